The largest absolute Gasteiger partial charge is 0.444 e. The predicted octanol–water partition coefficient (Wildman–Crippen LogP) is 2.53. The van der Waals surface area contributed by atoms with Crippen molar-refractivity contribution in [3.8, 4) is 0 Å². The van der Waals surface area contributed by atoms with E-state index in [1.165, 1.54) is 0 Å². The molecule has 1 fully saturated rings. The van der Waals surface area contributed by atoms with Gasteiger partial charge in [-0.3, -0.25) is 4.99 Å². The van der Waals surface area contributed by atoms with Gasteiger partial charge < -0.3 is 25.0 Å². The van der Waals surface area contributed by atoms with Crippen molar-refractivity contribution in [2.75, 3.05) is 46.4 Å². The van der Waals surface area contributed by atoms with E-state index in [0.717, 1.165) is 13.0 Å². The molecule has 7 nitrogen and oxygen atoms in total. The third-order valence-corrected chi connectivity index (χ3v) is 3.91. The quantitative estimate of drug-likeness (QED) is 0.380. The summed E-state index contributed by atoms with van der Waals surface area (Å²) in [5, 5.41) is 0. The molecule has 1 aliphatic heterocycles. The highest BCUT2D eigenvalue weighted by Gasteiger charge is 2.26. The highest BCUT2D eigenvalue weighted by Crippen LogP contribution is 2.20. The van der Waals surface area contributed by atoms with Gasteiger partial charge in [0.2, 0.25) is 0 Å². The molecule has 0 aliphatic carbocycles. The van der Waals surface area contributed by atoms with E-state index in [4.69, 9.17) is 15.2 Å². The monoisotopic (exact) mass is 470 g/mol. The molecule has 0 unspecified atom stereocenters. The molecule has 1 aliphatic rings. The van der Waals surface area contributed by atoms with Crippen LogP contribution in [0, 0.1) is 5.41 Å². The summed E-state index contributed by atoms with van der Waals surface area (Å²) in [7, 11) is 1.71. The fraction of sp³-hybridized carbons (Fsp3) is 0.882. The molecule has 0 spiro atoms. The molecule has 1 rings (SSSR count). The number of nitrogens with zero attached hydrogens (tertiary/aromatic N) is 3. The Hall–Kier alpha value is -0.770. The molecular weight excluding hydrogens is 435 g/mol. The van der Waals surface area contributed by atoms with Crippen LogP contribution in [0.5, 0.6) is 0 Å². The van der Waals surface area contributed by atoms with Crippen LogP contribution in [0.2, 0.25) is 0 Å². The Balaban J connectivity index is 0.00000576. The average molecular weight is 470 g/mol. The number of methoxy groups -OCH3 is 1. The van der Waals surface area contributed by atoms with E-state index in [-0.39, 0.29) is 35.5 Å². The highest BCUT2D eigenvalue weighted by molar-refractivity contribution is 14.0. The molecule has 0 saturated carbocycles. The zero-order valence-corrected chi connectivity index (χ0v) is 18.8. The van der Waals surface area contributed by atoms with Crippen LogP contribution in [-0.4, -0.2) is 73.9 Å². The van der Waals surface area contributed by atoms with E-state index >= 15 is 0 Å². The standard InChI is InChI=1S/C17H34N4O3.HI/c1-16(2,3)24-15(22)21-10-8-20(9-11-21)14(18)19-13-17(4,5)7-12-23-6;/h7-13H2,1-6H3,(H2,18,19);1H. The lowest BCUT2D eigenvalue weighted by Crippen LogP contribution is -2.53. The molecule has 1 heterocycles. The molecule has 0 aromatic heterocycles. The molecule has 1 saturated heterocycles. The maximum atomic E-state index is 12.1. The van der Waals surface area contributed by atoms with E-state index < -0.39 is 5.60 Å². The van der Waals surface area contributed by atoms with E-state index in [0.29, 0.717) is 38.7 Å². The van der Waals surface area contributed by atoms with Gasteiger partial charge in [-0.1, -0.05) is 13.8 Å². The third-order valence-electron chi connectivity index (χ3n) is 3.91. The molecular formula is C17H35IN4O3. The Morgan fingerprint density at radius 1 is 1.08 bits per heavy atom. The fourth-order valence-electron chi connectivity index (χ4n) is 2.30. The molecule has 0 radical (unpaired) electrons. The van der Waals surface area contributed by atoms with Crippen molar-refractivity contribution in [1.29, 1.82) is 0 Å². The van der Waals surface area contributed by atoms with Gasteiger partial charge in [-0.15, -0.1) is 24.0 Å². The summed E-state index contributed by atoms with van der Waals surface area (Å²) < 4.78 is 10.5. The lowest BCUT2D eigenvalue weighted by molar-refractivity contribution is 0.0186. The number of piperazine rings is 1. The van der Waals surface area contributed by atoms with Crippen molar-refractivity contribution in [1.82, 2.24) is 9.80 Å². The fourth-order valence-corrected chi connectivity index (χ4v) is 2.30. The number of aliphatic imine (C=N–C) groups is 1. The van der Waals surface area contributed by atoms with Crippen molar-refractivity contribution < 1.29 is 14.3 Å². The second-order valence-electron chi connectivity index (χ2n) is 8.04. The summed E-state index contributed by atoms with van der Waals surface area (Å²) in [5.41, 5.74) is 5.70. The summed E-state index contributed by atoms with van der Waals surface area (Å²) in [5.74, 6) is 0.546. The Labute approximate surface area is 169 Å². The first-order chi connectivity index (χ1) is 11.0. The number of carbonyl (C=O) groups excluding carboxylic acids is 1. The molecule has 148 valence electrons. The second-order valence-corrected chi connectivity index (χ2v) is 8.04. The zero-order valence-electron chi connectivity index (χ0n) is 16.5. The number of amides is 1. The van der Waals surface area contributed by atoms with Crippen molar-refractivity contribution in [3.63, 3.8) is 0 Å². The van der Waals surface area contributed by atoms with Gasteiger partial charge in [0.15, 0.2) is 5.96 Å². The first-order valence-corrected chi connectivity index (χ1v) is 8.56. The van der Waals surface area contributed by atoms with E-state index in [9.17, 15) is 4.79 Å². The second kappa shape index (κ2) is 10.4. The van der Waals surface area contributed by atoms with Crippen molar-refractivity contribution in [3.05, 3.63) is 0 Å². The molecule has 2 N–H and O–H groups in total. The van der Waals surface area contributed by atoms with Gasteiger partial charge in [0.1, 0.15) is 5.60 Å². The Bertz CT molecular complexity index is 442. The van der Waals surface area contributed by atoms with Crippen LogP contribution < -0.4 is 5.73 Å². The van der Waals surface area contributed by atoms with E-state index in [2.05, 4.69) is 18.8 Å². The summed E-state index contributed by atoms with van der Waals surface area (Å²) in [6.45, 7) is 13.8. The summed E-state index contributed by atoms with van der Waals surface area (Å²) in [4.78, 5) is 20.3. The average Bonchev–Trinajstić information content (AvgIpc) is 2.49. The van der Waals surface area contributed by atoms with E-state index in [1.54, 1.807) is 12.0 Å². The number of rotatable bonds is 5. The van der Waals surface area contributed by atoms with Crippen molar-refractivity contribution in [2.45, 2.75) is 46.6 Å². The lowest BCUT2D eigenvalue weighted by Gasteiger charge is -2.36. The van der Waals surface area contributed by atoms with Crippen LogP contribution in [0.4, 0.5) is 4.79 Å². The van der Waals surface area contributed by atoms with Crippen LogP contribution in [0.1, 0.15) is 41.0 Å². The Kier molecular flexibility index (Phi) is 10.1. The van der Waals surface area contributed by atoms with Gasteiger partial charge in [-0.05, 0) is 32.6 Å². The normalized spacial score (nSPS) is 16.5. The molecule has 25 heavy (non-hydrogen) atoms. The number of halogens is 1. The van der Waals surface area contributed by atoms with Crippen LogP contribution in [0.15, 0.2) is 4.99 Å². The molecule has 0 atom stereocenters. The summed E-state index contributed by atoms with van der Waals surface area (Å²) in [6, 6.07) is 0. The topological polar surface area (TPSA) is 80.4 Å². The summed E-state index contributed by atoms with van der Waals surface area (Å²) in [6.07, 6.45) is 0.672. The van der Waals surface area contributed by atoms with Gasteiger partial charge in [-0.2, -0.15) is 0 Å². The predicted molar refractivity (Wildman–Crippen MR) is 112 cm³/mol. The highest BCUT2D eigenvalue weighted by atomic mass is 127. The van der Waals surface area contributed by atoms with Gasteiger partial charge in [0, 0.05) is 46.4 Å². The minimum Gasteiger partial charge on any atom is -0.444 e. The van der Waals surface area contributed by atoms with Crippen molar-refractivity contribution in [2.24, 2.45) is 16.1 Å². The minimum atomic E-state index is -0.470. The molecule has 0 bridgehead atoms. The number of hydrogen-bond donors (Lipinski definition) is 1. The number of guanidine groups is 1. The zero-order chi connectivity index (χ0) is 18.4. The SMILES string of the molecule is COCCC(C)(C)CN=C(N)N1CCN(C(=O)OC(C)(C)C)CC1.I. The molecule has 8 heteroatoms. The van der Waals surface area contributed by atoms with Crippen LogP contribution in [0.3, 0.4) is 0 Å². The third kappa shape index (κ3) is 9.48. The summed E-state index contributed by atoms with van der Waals surface area (Å²) >= 11 is 0. The Morgan fingerprint density at radius 3 is 2.08 bits per heavy atom. The maximum Gasteiger partial charge on any atom is 0.410 e. The minimum absolute atomic E-state index is 0. The van der Waals surface area contributed by atoms with Gasteiger partial charge >= 0.3 is 6.09 Å². The first-order valence-electron chi connectivity index (χ1n) is 8.56. The van der Waals surface area contributed by atoms with E-state index in [1.807, 2.05) is 25.7 Å². The van der Waals surface area contributed by atoms with Crippen LogP contribution in [-0.2, 0) is 9.47 Å². The maximum absolute atomic E-state index is 12.1. The molecule has 0 aromatic rings. The van der Waals surface area contributed by atoms with Crippen molar-refractivity contribution >= 4 is 36.0 Å². The van der Waals surface area contributed by atoms with Crippen LogP contribution in [0.25, 0.3) is 0 Å². The first kappa shape index (κ1) is 24.2. The number of carbonyl (C=O) groups is 1. The Morgan fingerprint density at radius 2 is 1.60 bits per heavy atom. The number of nitrogens with two attached hydrogens (primary N) is 1. The lowest BCUT2D eigenvalue weighted by atomic mass is 9.90. The van der Waals surface area contributed by atoms with Gasteiger partial charge in [0.25, 0.3) is 0 Å². The van der Waals surface area contributed by atoms with Crippen LogP contribution >= 0.6 is 24.0 Å². The number of ether oxygens (including phenoxy) is 2. The molecule has 1 amide bonds. The van der Waals surface area contributed by atoms with Gasteiger partial charge in [0.05, 0.1) is 0 Å². The van der Waals surface area contributed by atoms with Gasteiger partial charge in [-0.25, -0.2) is 4.79 Å². The molecule has 0 aromatic carbocycles. The smallest absolute Gasteiger partial charge is 0.410 e. The number of hydrogen-bond acceptors (Lipinski definition) is 4.